The van der Waals surface area contributed by atoms with Crippen LogP contribution in [0, 0.1) is 5.41 Å². The number of benzene rings is 1. The van der Waals surface area contributed by atoms with Crippen molar-refractivity contribution < 1.29 is 14.1 Å². The fourth-order valence-electron chi connectivity index (χ4n) is 3.33. The van der Waals surface area contributed by atoms with Gasteiger partial charge in [-0.3, -0.25) is 9.19 Å². The molecule has 0 aliphatic heterocycles. The Kier molecular flexibility index (Phi) is 9.09. The van der Waals surface area contributed by atoms with E-state index in [0.717, 1.165) is 36.2 Å². The molecule has 0 fully saturated rings. The molecule has 1 atom stereocenters. The average Bonchev–Trinajstić information content (AvgIpc) is 2.82. The van der Waals surface area contributed by atoms with Crippen molar-refractivity contribution in [3.63, 3.8) is 0 Å². The van der Waals surface area contributed by atoms with Crippen molar-refractivity contribution >= 4 is 28.5 Å². The van der Waals surface area contributed by atoms with Crippen LogP contribution in [0.5, 0.6) is 5.75 Å². The SMILES string of the molecule is CCCCc1cccc(-c2cc(Nc3cccc(CO)n3)c(C=N)c(OCCS(C)=O)c2)n1. The zero-order valence-corrected chi connectivity index (χ0v) is 19.8. The molecule has 2 aromatic heterocycles. The number of nitrogens with one attached hydrogen (secondary N) is 2. The summed E-state index contributed by atoms with van der Waals surface area (Å²) in [5, 5.41) is 20.7. The van der Waals surface area contributed by atoms with Crippen molar-refractivity contribution in [1.82, 2.24) is 9.97 Å². The Morgan fingerprint density at radius 2 is 1.94 bits per heavy atom. The van der Waals surface area contributed by atoms with Crippen LogP contribution in [0.25, 0.3) is 11.3 Å². The number of pyridine rings is 2. The van der Waals surface area contributed by atoms with Gasteiger partial charge in [-0.25, -0.2) is 4.98 Å². The quantitative estimate of drug-likeness (QED) is 0.340. The second-order valence-electron chi connectivity index (χ2n) is 7.62. The number of anilines is 2. The zero-order valence-electron chi connectivity index (χ0n) is 19.0. The van der Waals surface area contributed by atoms with Crippen molar-refractivity contribution in [2.24, 2.45) is 0 Å². The Bertz CT molecular complexity index is 1120. The number of aliphatic hydroxyl groups is 1. The largest absolute Gasteiger partial charge is 0.492 e. The highest BCUT2D eigenvalue weighted by Crippen LogP contribution is 2.34. The van der Waals surface area contributed by atoms with Crippen LogP contribution in [0.2, 0.25) is 0 Å². The monoisotopic (exact) mass is 466 g/mol. The molecule has 0 spiro atoms. The Hall–Kier alpha value is -3.10. The molecule has 0 saturated carbocycles. The molecule has 0 radical (unpaired) electrons. The van der Waals surface area contributed by atoms with Crippen LogP contribution in [-0.2, 0) is 23.8 Å². The van der Waals surface area contributed by atoms with Gasteiger partial charge in [0.1, 0.15) is 11.6 Å². The van der Waals surface area contributed by atoms with E-state index in [-0.39, 0.29) is 13.2 Å². The number of aromatic nitrogens is 2. The highest BCUT2D eigenvalue weighted by molar-refractivity contribution is 7.84. The number of unbranched alkanes of at least 4 members (excludes halogenated alkanes) is 1. The molecular formula is C25H30N4O3S. The molecule has 0 amide bonds. The summed E-state index contributed by atoms with van der Waals surface area (Å²) in [7, 11) is -0.980. The summed E-state index contributed by atoms with van der Waals surface area (Å²) in [5.41, 5.74) is 4.41. The maximum Gasteiger partial charge on any atom is 0.130 e. The fraction of sp³-hybridized carbons (Fsp3) is 0.320. The predicted octanol–water partition coefficient (Wildman–Crippen LogP) is 4.48. The fourth-order valence-corrected chi connectivity index (χ4v) is 3.65. The lowest BCUT2D eigenvalue weighted by Crippen LogP contribution is -2.09. The van der Waals surface area contributed by atoms with Gasteiger partial charge in [-0.05, 0) is 49.2 Å². The summed E-state index contributed by atoms with van der Waals surface area (Å²) >= 11 is 0. The number of ether oxygens (including phenoxy) is 1. The van der Waals surface area contributed by atoms with E-state index in [1.807, 2.05) is 36.4 Å². The first-order valence-corrected chi connectivity index (χ1v) is 12.7. The highest BCUT2D eigenvalue weighted by atomic mass is 32.2. The molecule has 1 unspecified atom stereocenters. The van der Waals surface area contributed by atoms with Crippen LogP contribution in [0.3, 0.4) is 0 Å². The molecule has 3 aromatic rings. The number of nitrogens with zero attached hydrogens (tertiary/aromatic N) is 2. The number of hydrogen-bond donors (Lipinski definition) is 3. The second kappa shape index (κ2) is 12.2. The van der Waals surface area contributed by atoms with E-state index in [4.69, 9.17) is 15.1 Å². The number of hydrogen-bond acceptors (Lipinski definition) is 7. The molecule has 8 heteroatoms. The summed E-state index contributed by atoms with van der Waals surface area (Å²) in [4.78, 5) is 9.22. The molecule has 0 aliphatic rings. The molecule has 3 rings (SSSR count). The molecule has 7 nitrogen and oxygen atoms in total. The van der Waals surface area contributed by atoms with Crippen LogP contribution in [0.4, 0.5) is 11.5 Å². The van der Waals surface area contributed by atoms with E-state index in [0.29, 0.717) is 34.3 Å². The lowest BCUT2D eigenvalue weighted by Gasteiger charge is -2.17. The summed E-state index contributed by atoms with van der Waals surface area (Å²) in [6.07, 6.45) is 5.95. The third-order valence-corrected chi connectivity index (χ3v) is 5.78. The van der Waals surface area contributed by atoms with E-state index in [2.05, 4.69) is 17.2 Å². The maximum atomic E-state index is 11.5. The van der Waals surface area contributed by atoms with E-state index >= 15 is 0 Å². The molecule has 0 bridgehead atoms. The van der Waals surface area contributed by atoms with E-state index in [1.165, 1.54) is 6.21 Å². The van der Waals surface area contributed by atoms with E-state index < -0.39 is 10.8 Å². The normalized spacial score (nSPS) is 11.7. The van der Waals surface area contributed by atoms with Gasteiger partial charge in [-0.15, -0.1) is 0 Å². The van der Waals surface area contributed by atoms with E-state index in [9.17, 15) is 9.32 Å². The van der Waals surface area contributed by atoms with Crippen LogP contribution in [0.15, 0.2) is 48.5 Å². The van der Waals surface area contributed by atoms with Gasteiger partial charge in [0.05, 0.1) is 41.6 Å². The first-order valence-electron chi connectivity index (χ1n) is 11.0. The topological polar surface area (TPSA) is 108 Å². The Morgan fingerprint density at radius 3 is 2.67 bits per heavy atom. The average molecular weight is 467 g/mol. The molecule has 0 saturated heterocycles. The number of aliphatic hydroxyl groups excluding tert-OH is 1. The molecular weight excluding hydrogens is 436 g/mol. The van der Waals surface area contributed by atoms with Crippen molar-refractivity contribution in [2.75, 3.05) is 23.9 Å². The molecule has 0 aliphatic carbocycles. The summed E-state index contributed by atoms with van der Waals surface area (Å²) in [6.45, 7) is 2.27. The minimum Gasteiger partial charge on any atom is -0.492 e. The first kappa shape index (κ1) is 24.5. The second-order valence-corrected chi connectivity index (χ2v) is 9.18. The smallest absolute Gasteiger partial charge is 0.130 e. The van der Waals surface area contributed by atoms with Gasteiger partial charge in [0.2, 0.25) is 0 Å². The molecule has 174 valence electrons. The van der Waals surface area contributed by atoms with Crippen LogP contribution >= 0.6 is 0 Å². The van der Waals surface area contributed by atoms with Crippen molar-refractivity contribution in [1.29, 1.82) is 5.41 Å². The van der Waals surface area contributed by atoms with Crippen LogP contribution in [0.1, 0.15) is 36.7 Å². The van der Waals surface area contributed by atoms with E-state index in [1.54, 1.807) is 18.4 Å². The molecule has 1 aromatic carbocycles. The highest BCUT2D eigenvalue weighted by Gasteiger charge is 2.14. The standard InChI is InChI=1S/C25H30N4O3S/c1-3-4-7-19-8-5-10-22(27-19)18-14-23(29-25-11-6-9-20(17-30)28-25)21(16-26)24(15-18)32-12-13-33(2)31/h5-6,8-11,14-16,26,30H,3-4,7,12-13,17H2,1-2H3,(H,28,29). The lowest BCUT2D eigenvalue weighted by molar-refractivity contribution is 0.277. The Labute approximate surface area is 197 Å². The molecule has 2 heterocycles. The van der Waals surface area contributed by atoms with Crippen LogP contribution < -0.4 is 10.1 Å². The molecule has 33 heavy (non-hydrogen) atoms. The van der Waals surface area contributed by atoms with Gasteiger partial charge in [-0.1, -0.05) is 25.5 Å². The predicted molar refractivity (Wildman–Crippen MR) is 134 cm³/mol. The van der Waals surface area contributed by atoms with Gasteiger partial charge < -0.3 is 20.6 Å². The summed E-state index contributed by atoms with van der Waals surface area (Å²) in [6, 6.07) is 15.1. The van der Waals surface area contributed by atoms with Gasteiger partial charge in [-0.2, -0.15) is 0 Å². The van der Waals surface area contributed by atoms with Crippen LogP contribution in [-0.4, -0.2) is 44.1 Å². The summed E-state index contributed by atoms with van der Waals surface area (Å²) in [5.74, 6) is 1.46. The maximum absolute atomic E-state index is 11.5. The van der Waals surface area contributed by atoms with Gasteiger partial charge >= 0.3 is 0 Å². The third-order valence-electron chi connectivity index (χ3n) is 5.04. The Morgan fingerprint density at radius 1 is 1.15 bits per heavy atom. The zero-order chi connectivity index (χ0) is 23.6. The number of rotatable bonds is 12. The number of aryl methyl sites for hydroxylation is 1. The summed E-state index contributed by atoms with van der Waals surface area (Å²) < 4.78 is 17.5. The van der Waals surface area contributed by atoms with Gasteiger partial charge in [0.15, 0.2) is 0 Å². The Balaban J connectivity index is 2.04. The van der Waals surface area contributed by atoms with Crippen molar-refractivity contribution in [3.05, 3.63) is 65.5 Å². The van der Waals surface area contributed by atoms with Gasteiger partial charge in [0, 0.05) is 34.5 Å². The molecule has 3 N–H and O–H groups in total. The van der Waals surface area contributed by atoms with Crippen molar-refractivity contribution in [3.8, 4) is 17.0 Å². The first-order chi connectivity index (χ1) is 16.0. The minimum absolute atomic E-state index is 0.163. The van der Waals surface area contributed by atoms with Crippen molar-refractivity contribution in [2.45, 2.75) is 32.8 Å². The van der Waals surface area contributed by atoms with Gasteiger partial charge in [0.25, 0.3) is 0 Å². The minimum atomic E-state index is -0.980. The lowest BCUT2D eigenvalue weighted by atomic mass is 10.0. The third kappa shape index (κ3) is 6.94.